The molecule has 2 amide bonds. The molecule has 3 N–H and O–H groups in total. The van der Waals surface area contributed by atoms with Crippen LogP contribution in [0.1, 0.15) is 41.4 Å². The standard InChI is InChI=1S/C25H26N4O4/c1-3-17-14-23(31)29(28-24(17)18-8-11-22(33-2)21(30)13-18)15-16-6-9-19(10-7-16)27-25(32)20-5-4-12-26-20/h4-13,17,26,30H,3,14-15H2,1-2H3,(H,27,32). The lowest BCUT2D eigenvalue weighted by molar-refractivity contribution is -0.133. The summed E-state index contributed by atoms with van der Waals surface area (Å²) in [5, 5.41) is 19.1. The fraction of sp³-hybridized carbons (Fsp3) is 0.240. The van der Waals surface area contributed by atoms with Crippen molar-refractivity contribution in [3.8, 4) is 11.5 Å². The minimum absolute atomic E-state index is 0.0212. The smallest absolute Gasteiger partial charge is 0.272 e. The minimum Gasteiger partial charge on any atom is -0.504 e. The fourth-order valence-electron chi connectivity index (χ4n) is 3.82. The number of hydrazone groups is 1. The minimum atomic E-state index is -0.221. The largest absolute Gasteiger partial charge is 0.504 e. The van der Waals surface area contributed by atoms with E-state index in [4.69, 9.17) is 4.74 Å². The van der Waals surface area contributed by atoms with Crippen LogP contribution in [0.25, 0.3) is 0 Å². The van der Waals surface area contributed by atoms with E-state index < -0.39 is 0 Å². The van der Waals surface area contributed by atoms with Crippen LogP contribution in [0.15, 0.2) is 65.9 Å². The summed E-state index contributed by atoms with van der Waals surface area (Å²) in [7, 11) is 1.50. The lowest BCUT2D eigenvalue weighted by Gasteiger charge is -2.29. The fourth-order valence-corrected chi connectivity index (χ4v) is 3.82. The third-order valence-electron chi connectivity index (χ3n) is 5.68. The Morgan fingerprint density at radius 2 is 2.03 bits per heavy atom. The number of aromatic nitrogens is 1. The zero-order valence-corrected chi connectivity index (χ0v) is 18.5. The van der Waals surface area contributed by atoms with E-state index in [-0.39, 0.29) is 23.5 Å². The highest BCUT2D eigenvalue weighted by Gasteiger charge is 2.29. The SMILES string of the molecule is CCC1CC(=O)N(Cc2ccc(NC(=O)c3ccc[nH]3)cc2)N=C1c1ccc(OC)c(O)c1. The van der Waals surface area contributed by atoms with E-state index in [1.54, 1.807) is 42.6 Å². The molecule has 0 bridgehead atoms. The van der Waals surface area contributed by atoms with Gasteiger partial charge in [-0.1, -0.05) is 19.1 Å². The molecule has 0 aliphatic carbocycles. The van der Waals surface area contributed by atoms with Gasteiger partial charge in [-0.15, -0.1) is 0 Å². The van der Waals surface area contributed by atoms with E-state index in [2.05, 4.69) is 15.4 Å². The van der Waals surface area contributed by atoms with Crippen LogP contribution in [0.3, 0.4) is 0 Å². The number of hydrogen-bond donors (Lipinski definition) is 3. The highest BCUT2D eigenvalue weighted by atomic mass is 16.5. The number of carbonyl (C=O) groups is 2. The molecule has 8 nitrogen and oxygen atoms in total. The molecule has 0 spiro atoms. The molecule has 1 aliphatic heterocycles. The highest BCUT2D eigenvalue weighted by Crippen LogP contribution is 2.31. The van der Waals surface area contributed by atoms with Crippen molar-refractivity contribution in [2.24, 2.45) is 11.0 Å². The second-order valence-corrected chi connectivity index (χ2v) is 7.87. The average molecular weight is 447 g/mol. The number of hydrogen-bond acceptors (Lipinski definition) is 5. The Hall–Kier alpha value is -4.07. The molecule has 0 fully saturated rings. The number of nitrogens with one attached hydrogen (secondary N) is 2. The van der Waals surface area contributed by atoms with Gasteiger partial charge >= 0.3 is 0 Å². The van der Waals surface area contributed by atoms with Gasteiger partial charge in [-0.05, 0) is 54.4 Å². The molecule has 1 aromatic heterocycles. The Morgan fingerprint density at radius 1 is 1.24 bits per heavy atom. The second-order valence-electron chi connectivity index (χ2n) is 7.87. The molecule has 170 valence electrons. The van der Waals surface area contributed by atoms with Crippen LogP contribution >= 0.6 is 0 Å². The monoisotopic (exact) mass is 446 g/mol. The van der Waals surface area contributed by atoms with Crippen LogP contribution in [-0.2, 0) is 11.3 Å². The molecule has 33 heavy (non-hydrogen) atoms. The van der Waals surface area contributed by atoms with Crippen molar-refractivity contribution in [2.45, 2.75) is 26.3 Å². The van der Waals surface area contributed by atoms with Crippen molar-refractivity contribution in [3.63, 3.8) is 0 Å². The van der Waals surface area contributed by atoms with Gasteiger partial charge in [0.15, 0.2) is 11.5 Å². The Morgan fingerprint density at radius 3 is 2.67 bits per heavy atom. The first-order valence-electron chi connectivity index (χ1n) is 10.8. The van der Waals surface area contributed by atoms with Gasteiger partial charge in [-0.25, -0.2) is 5.01 Å². The molecular formula is C25H26N4O4. The number of carbonyl (C=O) groups excluding carboxylic acids is 2. The van der Waals surface area contributed by atoms with Gasteiger partial charge in [-0.2, -0.15) is 5.10 Å². The quantitative estimate of drug-likeness (QED) is 0.507. The predicted molar refractivity (Wildman–Crippen MR) is 125 cm³/mol. The van der Waals surface area contributed by atoms with E-state index in [1.165, 1.54) is 12.1 Å². The van der Waals surface area contributed by atoms with Crippen molar-refractivity contribution < 1.29 is 19.4 Å². The van der Waals surface area contributed by atoms with Crippen molar-refractivity contribution in [1.82, 2.24) is 9.99 Å². The third-order valence-corrected chi connectivity index (χ3v) is 5.68. The number of ether oxygens (including phenoxy) is 1. The normalized spacial score (nSPS) is 15.8. The first-order valence-corrected chi connectivity index (χ1v) is 10.8. The number of phenolic OH excluding ortho intramolecular Hbond substituents is 1. The van der Waals surface area contributed by atoms with Crippen LogP contribution in [0.2, 0.25) is 0 Å². The zero-order valence-electron chi connectivity index (χ0n) is 18.5. The zero-order chi connectivity index (χ0) is 23.4. The summed E-state index contributed by atoms with van der Waals surface area (Å²) >= 11 is 0. The first kappa shape index (κ1) is 22.1. The van der Waals surface area contributed by atoms with Gasteiger partial charge in [-0.3, -0.25) is 9.59 Å². The molecule has 0 saturated heterocycles. The van der Waals surface area contributed by atoms with Gasteiger partial charge in [0.1, 0.15) is 5.69 Å². The number of phenols is 1. The number of rotatable bonds is 7. The molecule has 0 saturated carbocycles. The number of nitrogens with zero attached hydrogens (tertiary/aromatic N) is 2. The second kappa shape index (κ2) is 9.60. The molecule has 8 heteroatoms. The summed E-state index contributed by atoms with van der Waals surface area (Å²) < 4.78 is 5.13. The Kier molecular flexibility index (Phi) is 6.44. The Bertz CT molecular complexity index is 1170. The van der Waals surface area contributed by atoms with Gasteiger partial charge in [0.25, 0.3) is 5.91 Å². The summed E-state index contributed by atoms with van der Waals surface area (Å²) in [5.74, 6) is 0.133. The maximum atomic E-state index is 12.7. The number of amides is 2. The number of H-pyrrole nitrogens is 1. The van der Waals surface area contributed by atoms with E-state index in [0.29, 0.717) is 30.1 Å². The van der Waals surface area contributed by atoms with Gasteiger partial charge in [0.2, 0.25) is 5.91 Å². The molecule has 1 unspecified atom stereocenters. The van der Waals surface area contributed by atoms with Crippen LogP contribution in [0.5, 0.6) is 11.5 Å². The summed E-state index contributed by atoms with van der Waals surface area (Å²) in [5.41, 5.74) is 3.56. The Labute approximate surface area is 191 Å². The molecule has 0 radical (unpaired) electrons. The van der Waals surface area contributed by atoms with E-state index >= 15 is 0 Å². The number of methoxy groups -OCH3 is 1. The van der Waals surface area contributed by atoms with E-state index in [0.717, 1.165) is 23.3 Å². The van der Waals surface area contributed by atoms with E-state index in [9.17, 15) is 14.7 Å². The molecule has 1 atom stereocenters. The molecule has 2 heterocycles. The summed E-state index contributed by atoms with van der Waals surface area (Å²) in [6.45, 7) is 2.33. The highest BCUT2D eigenvalue weighted by molar-refractivity contribution is 6.06. The number of benzene rings is 2. The maximum absolute atomic E-state index is 12.7. The van der Waals surface area contributed by atoms with Crippen LogP contribution in [0.4, 0.5) is 5.69 Å². The van der Waals surface area contributed by atoms with Crippen molar-refractivity contribution in [3.05, 3.63) is 77.6 Å². The molecule has 2 aromatic carbocycles. The number of anilines is 1. The van der Waals surface area contributed by atoms with Gasteiger partial charge < -0.3 is 20.1 Å². The summed E-state index contributed by atoms with van der Waals surface area (Å²) in [6, 6.07) is 15.9. The molecule has 1 aliphatic rings. The van der Waals surface area contributed by atoms with Crippen LogP contribution < -0.4 is 10.1 Å². The van der Waals surface area contributed by atoms with Gasteiger partial charge in [0, 0.05) is 29.8 Å². The molecule has 4 rings (SSSR count). The summed E-state index contributed by atoms with van der Waals surface area (Å²) in [4.78, 5) is 27.8. The van der Waals surface area contributed by atoms with Gasteiger partial charge in [0.05, 0.1) is 19.4 Å². The molecule has 3 aromatic rings. The summed E-state index contributed by atoms with van der Waals surface area (Å²) in [6.07, 6.45) is 2.81. The number of aromatic amines is 1. The lowest BCUT2D eigenvalue weighted by atomic mass is 9.89. The third kappa shape index (κ3) is 4.90. The lowest BCUT2D eigenvalue weighted by Crippen LogP contribution is -2.36. The first-order chi connectivity index (χ1) is 16.0. The maximum Gasteiger partial charge on any atom is 0.272 e. The van der Waals surface area contributed by atoms with Crippen molar-refractivity contribution in [2.75, 3.05) is 12.4 Å². The average Bonchev–Trinajstić information content (AvgIpc) is 3.36. The van der Waals surface area contributed by atoms with Crippen molar-refractivity contribution >= 4 is 23.2 Å². The predicted octanol–water partition coefficient (Wildman–Crippen LogP) is 4.14. The van der Waals surface area contributed by atoms with Crippen molar-refractivity contribution in [1.29, 1.82) is 0 Å². The molecular weight excluding hydrogens is 420 g/mol. The van der Waals surface area contributed by atoms with E-state index in [1.807, 2.05) is 25.1 Å². The van der Waals surface area contributed by atoms with Crippen LogP contribution in [0, 0.1) is 5.92 Å². The Balaban J connectivity index is 1.51. The topological polar surface area (TPSA) is 107 Å². The van der Waals surface area contributed by atoms with Crippen LogP contribution in [-0.4, -0.2) is 39.7 Å². The number of aromatic hydroxyl groups is 1.